The van der Waals surface area contributed by atoms with Gasteiger partial charge >= 0.3 is 0 Å². The van der Waals surface area contributed by atoms with E-state index in [1.54, 1.807) is 18.4 Å². The summed E-state index contributed by atoms with van der Waals surface area (Å²) in [6, 6.07) is 8.56. The van der Waals surface area contributed by atoms with Gasteiger partial charge in [-0.25, -0.2) is 4.98 Å². The number of fused-ring (bicyclic) bond motifs is 1. The van der Waals surface area contributed by atoms with Gasteiger partial charge in [-0.1, -0.05) is 30.4 Å². The Morgan fingerprint density at radius 1 is 1.35 bits per heavy atom. The molecule has 1 heterocycles. The highest BCUT2D eigenvalue weighted by Crippen LogP contribution is 2.38. The molecule has 0 aliphatic heterocycles. The van der Waals surface area contributed by atoms with E-state index in [1.807, 2.05) is 0 Å². The molecule has 0 saturated heterocycles. The van der Waals surface area contributed by atoms with Gasteiger partial charge in [0.05, 0.1) is 16.7 Å². The molecule has 2 aromatic rings. The topological polar surface area (TPSA) is 34.2 Å². The third-order valence-electron chi connectivity index (χ3n) is 3.80. The zero-order valence-corrected chi connectivity index (χ0v) is 12.8. The van der Waals surface area contributed by atoms with Gasteiger partial charge in [-0.05, 0) is 43.4 Å². The minimum Gasteiger partial charge on any atom is -0.376 e. The number of aromatic nitrogens is 1. The third-order valence-corrected chi connectivity index (χ3v) is 4.90. The van der Waals surface area contributed by atoms with Gasteiger partial charge in [-0.15, -0.1) is 0 Å². The number of benzene rings is 1. The van der Waals surface area contributed by atoms with Crippen molar-refractivity contribution in [2.45, 2.75) is 38.7 Å². The number of ether oxygens (including phenoxy) is 1. The lowest BCUT2D eigenvalue weighted by Gasteiger charge is -2.18. The van der Waals surface area contributed by atoms with Crippen LogP contribution in [-0.2, 0) is 17.6 Å². The summed E-state index contributed by atoms with van der Waals surface area (Å²) in [6.07, 6.45) is 4.65. The predicted octanol–water partition coefficient (Wildman–Crippen LogP) is 4.47. The largest absolute Gasteiger partial charge is 0.376 e. The van der Waals surface area contributed by atoms with E-state index in [1.165, 1.54) is 22.6 Å². The van der Waals surface area contributed by atoms with Crippen LogP contribution in [0.3, 0.4) is 0 Å². The zero-order valence-electron chi connectivity index (χ0n) is 12.0. The molecule has 1 unspecified atom stereocenters. The van der Waals surface area contributed by atoms with Crippen LogP contribution in [0, 0.1) is 0 Å². The molecule has 4 heteroatoms. The first-order chi connectivity index (χ1) is 9.80. The summed E-state index contributed by atoms with van der Waals surface area (Å²) in [7, 11) is 1.79. The van der Waals surface area contributed by atoms with Crippen LogP contribution in [0.2, 0.25) is 0 Å². The van der Waals surface area contributed by atoms with Crippen molar-refractivity contribution in [2.24, 2.45) is 0 Å². The highest BCUT2D eigenvalue weighted by molar-refractivity contribution is 7.15. The molecule has 106 valence electrons. The molecule has 0 amide bonds. The second-order valence-electron chi connectivity index (χ2n) is 5.12. The first kappa shape index (κ1) is 13.6. The van der Waals surface area contributed by atoms with E-state index in [0.29, 0.717) is 0 Å². The average Bonchev–Trinajstić information content (AvgIpc) is 2.90. The number of rotatable bonds is 4. The van der Waals surface area contributed by atoms with Gasteiger partial charge in [0, 0.05) is 12.8 Å². The first-order valence-corrected chi connectivity index (χ1v) is 8.00. The van der Waals surface area contributed by atoms with Crippen molar-refractivity contribution in [3.63, 3.8) is 0 Å². The van der Waals surface area contributed by atoms with Crippen LogP contribution in [0.5, 0.6) is 0 Å². The lowest BCUT2D eigenvalue weighted by Crippen LogP contribution is -2.08. The van der Waals surface area contributed by atoms with Crippen LogP contribution in [0.25, 0.3) is 0 Å². The molecule has 3 rings (SSSR count). The molecule has 0 bridgehead atoms. The second-order valence-corrected chi connectivity index (χ2v) is 6.15. The van der Waals surface area contributed by atoms with Gasteiger partial charge in [-0.2, -0.15) is 0 Å². The Labute approximate surface area is 124 Å². The Morgan fingerprint density at radius 2 is 2.15 bits per heavy atom. The summed E-state index contributed by atoms with van der Waals surface area (Å²) >= 11 is 1.73. The van der Waals surface area contributed by atoms with E-state index >= 15 is 0 Å². The van der Waals surface area contributed by atoms with Crippen molar-refractivity contribution < 1.29 is 4.74 Å². The molecule has 0 saturated carbocycles. The molecule has 1 aliphatic rings. The van der Waals surface area contributed by atoms with E-state index in [4.69, 9.17) is 9.72 Å². The van der Waals surface area contributed by atoms with Gasteiger partial charge in [0.25, 0.3) is 0 Å². The Morgan fingerprint density at radius 3 is 2.85 bits per heavy atom. The van der Waals surface area contributed by atoms with Gasteiger partial charge in [0.1, 0.15) is 0 Å². The van der Waals surface area contributed by atoms with E-state index in [9.17, 15) is 0 Å². The highest BCUT2D eigenvalue weighted by Gasteiger charge is 2.24. The molecule has 3 nitrogen and oxygen atoms in total. The fraction of sp³-hybridized carbons (Fsp3) is 0.438. The van der Waals surface area contributed by atoms with Gasteiger partial charge in [-0.3, -0.25) is 0 Å². The van der Waals surface area contributed by atoms with Gasteiger partial charge in [0.15, 0.2) is 5.13 Å². The zero-order chi connectivity index (χ0) is 13.9. The van der Waals surface area contributed by atoms with Crippen LogP contribution in [-0.4, -0.2) is 12.1 Å². The minimum atomic E-state index is 0.231. The van der Waals surface area contributed by atoms with Crippen molar-refractivity contribution in [3.8, 4) is 0 Å². The normalized spacial score (nSPS) is 17.8. The number of hydrogen-bond donors (Lipinski definition) is 1. The maximum Gasteiger partial charge on any atom is 0.187 e. The van der Waals surface area contributed by atoms with E-state index < -0.39 is 0 Å². The maximum atomic E-state index is 5.55. The van der Waals surface area contributed by atoms with Crippen molar-refractivity contribution >= 4 is 22.2 Å². The molecule has 0 spiro atoms. The van der Waals surface area contributed by atoms with Crippen molar-refractivity contribution in [2.75, 3.05) is 12.4 Å². The van der Waals surface area contributed by atoms with Gasteiger partial charge in [0.2, 0.25) is 0 Å². The molecule has 20 heavy (non-hydrogen) atoms. The molecule has 1 atom stereocenters. The van der Waals surface area contributed by atoms with Crippen LogP contribution in [0.4, 0.5) is 10.8 Å². The molecule has 0 fully saturated rings. The molecular weight excluding hydrogens is 268 g/mol. The van der Waals surface area contributed by atoms with Crippen LogP contribution in [0.1, 0.15) is 42.0 Å². The second kappa shape index (κ2) is 5.94. The van der Waals surface area contributed by atoms with Crippen molar-refractivity contribution in [1.29, 1.82) is 0 Å². The molecule has 1 aliphatic carbocycles. The number of methoxy groups -OCH3 is 1. The molecule has 1 N–H and O–H groups in total. The Kier molecular flexibility index (Phi) is 4.03. The lowest BCUT2D eigenvalue weighted by atomic mass is 10.0. The number of aryl methyl sites for hydroxylation is 2. The SMILES string of the molecule is CCc1ccc(Nc2nc3c(s2)C(OC)CCC3)cc1. The fourth-order valence-corrected chi connectivity index (χ4v) is 3.75. The van der Waals surface area contributed by atoms with Crippen LogP contribution in [0.15, 0.2) is 24.3 Å². The lowest BCUT2D eigenvalue weighted by molar-refractivity contribution is 0.0908. The predicted molar refractivity (Wildman–Crippen MR) is 83.9 cm³/mol. The van der Waals surface area contributed by atoms with Crippen molar-refractivity contribution in [1.82, 2.24) is 4.98 Å². The monoisotopic (exact) mass is 288 g/mol. The van der Waals surface area contributed by atoms with E-state index in [2.05, 4.69) is 36.5 Å². The van der Waals surface area contributed by atoms with Crippen LogP contribution >= 0.6 is 11.3 Å². The quantitative estimate of drug-likeness (QED) is 0.901. The number of nitrogens with one attached hydrogen (secondary N) is 1. The summed E-state index contributed by atoms with van der Waals surface area (Å²) in [5.74, 6) is 0. The average molecular weight is 288 g/mol. The molecular formula is C16H20N2OS. The summed E-state index contributed by atoms with van der Waals surface area (Å²) < 4.78 is 5.55. The smallest absolute Gasteiger partial charge is 0.187 e. The van der Waals surface area contributed by atoms with E-state index in [-0.39, 0.29) is 6.10 Å². The number of nitrogens with zero attached hydrogens (tertiary/aromatic N) is 1. The van der Waals surface area contributed by atoms with Gasteiger partial charge < -0.3 is 10.1 Å². The Bertz CT molecular complexity index is 577. The number of anilines is 2. The minimum absolute atomic E-state index is 0.231. The van der Waals surface area contributed by atoms with Crippen LogP contribution < -0.4 is 5.32 Å². The Hall–Kier alpha value is -1.39. The summed E-state index contributed by atoms with van der Waals surface area (Å²) in [6.45, 7) is 2.17. The molecule has 0 radical (unpaired) electrons. The first-order valence-electron chi connectivity index (χ1n) is 7.18. The summed E-state index contributed by atoms with van der Waals surface area (Å²) in [4.78, 5) is 6.01. The standard InChI is InChI=1S/C16H20N2OS/c1-3-11-7-9-12(10-8-11)17-16-18-13-5-4-6-14(19-2)15(13)20-16/h7-10,14H,3-6H2,1-2H3,(H,17,18). The highest BCUT2D eigenvalue weighted by atomic mass is 32.1. The maximum absolute atomic E-state index is 5.55. The third kappa shape index (κ3) is 2.72. The fourth-order valence-electron chi connectivity index (χ4n) is 2.61. The number of hydrogen-bond acceptors (Lipinski definition) is 4. The summed E-state index contributed by atoms with van der Waals surface area (Å²) in [5, 5.41) is 4.38. The molecule has 1 aromatic carbocycles. The number of thiazole rings is 1. The Balaban J connectivity index is 1.79. The summed E-state index contributed by atoms with van der Waals surface area (Å²) in [5.41, 5.74) is 3.66. The van der Waals surface area contributed by atoms with E-state index in [0.717, 1.165) is 30.1 Å². The van der Waals surface area contributed by atoms with Crippen molar-refractivity contribution in [3.05, 3.63) is 40.4 Å². The molecule has 1 aromatic heterocycles.